The van der Waals surface area contributed by atoms with E-state index in [1.165, 1.54) is 48.7 Å². The maximum atomic E-state index is 12.3. The zero-order valence-electron chi connectivity index (χ0n) is 14.4. The second kappa shape index (κ2) is 8.03. The van der Waals surface area contributed by atoms with Crippen LogP contribution in [0.1, 0.15) is 16.1 Å². The summed E-state index contributed by atoms with van der Waals surface area (Å²) in [7, 11) is -3.75. The van der Waals surface area contributed by atoms with Crippen molar-refractivity contribution in [3.05, 3.63) is 88.4 Å². The molecule has 0 unspecified atom stereocenters. The number of sulfonamides is 1. The van der Waals surface area contributed by atoms with E-state index in [2.05, 4.69) is 10.0 Å². The standard InChI is InChI=1S/C18H15N3O6S/c22-18(13-3-1-4-15(11-13)21(23)24)20-14-6-8-17(9-7-14)28(25,26)19-12-16-5-2-10-27-16/h1-11,19H,12H2,(H,20,22). The second-order valence-electron chi connectivity index (χ2n) is 5.69. The molecule has 0 saturated carbocycles. The third-order valence-electron chi connectivity index (χ3n) is 3.76. The average Bonchev–Trinajstić information content (AvgIpc) is 3.21. The molecule has 0 aliphatic carbocycles. The number of carbonyl (C=O) groups is 1. The molecular weight excluding hydrogens is 386 g/mol. The topological polar surface area (TPSA) is 132 Å². The fraction of sp³-hybridized carbons (Fsp3) is 0.0556. The summed E-state index contributed by atoms with van der Waals surface area (Å²) < 4.78 is 32.0. The lowest BCUT2D eigenvalue weighted by atomic mass is 10.2. The molecule has 0 radical (unpaired) electrons. The van der Waals surface area contributed by atoms with Crippen LogP contribution in [0.3, 0.4) is 0 Å². The molecule has 1 amide bonds. The van der Waals surface area contributed by atoms with Gasteiger partial charge >= 0.3 is 0 Å². The first kappa shape index (κ1) is 19.3. The van der Waals surface area contributed by atoms with E-state index in [4.69, 9.17) is 4.42 Å². The highest BCUT2D eigenvalue weighted by molar-refractivity contribution is 7.89. The van der Waals surface area contributed by atoms with Crippen molar-refractivity contribution in [2.24, 2.45) is 0 Å². The van der Waals surface area contributed by atoms with E-state index in [-0.39, 0.29) is 22.7 Å². The lowest BCUT2D eigenvalue weighted by Crippen LogP contribution is -2.23. The molecular formula is C18H15N3O6S. The summed E-state index contributed by atoms with van der Waals surface area (Å²) in [5.74, 6) is -0.0698. The van der Waals surface area contributed by atoms with E-state index in [1.807, 2.05) is 0 Å². The van der Waals surface area contributed by atoms with Gasteiger partial charge in [-0.3, -0.25) is 14.9 Å². The van der Waals surface area contributed by atoms with Gasteiger partial charge in [0.15, 0.2) is 0 Å². The number of non-ortho nitro benzene ring substituents is 1. The Labute approximate surface area is 160 Å². The predicted octanol–water partition coefficient (Wildman–Crippen LogP) is 2.92. The minimum Gasteiger partial charge on any atom is -0.468 e. The van der Waals surface area contributed by atoms with Gasteiger partial charge in [0.1, 0.15) is 5.76 Å². The molecule has 0 aliphatic rings. The van der Waals surface area contributed by atoms with Gasteiger partial charge in [0, 0.05) is 23.4 Å². The summed E-state index contributed by atoms with van der Waals surface area (Å²) in [6, 6.07) is 14.1. The van der Waals surface area contributed by atoms with Crippen molar-refractivity contribution in [2.45, 2.75) is 11.4 Å². The quantitative estimate of drug-likeness (QED) is 0.462. The minimum atomic E-state index is -3.75. The lowest BCUT2D eigenvalue weighted by molar-refractivity contribution is -0.384. The van der Waals surface area contributed by atoms with E-state index in [9.17, 15) is 23.3 Å². The van der Waals surface area contributed by atoms with E-state index >= 15 is 0 Å². The largest absolute Gasteiger partial charge is 0.468 e. The van der Waals surface area contributed by atoms with Crippen LogP contribution in [-0.2, 0) is 16.6 Å². The first-order valence-electron chi connectivity index (χ1n) is 8.03. The van der Waals surface area contributed by atoms with Crippen LogP contribution in [0.15, 0.2) is 76.2 Å². The molecule has 0 aliphatic heterocycles. The van der Waals surface area contributed by atoms with Gasteiger partial charge in [0.05, 0.1) is 22.6 Å². The molecule has 28 heavy (non-hydrogen) atoms. The molecule has 3 aromatic rings. The molecule has 0 fully saturated rings. The molecule has 0 atom stereocenters. The Bertz CT molecular complexity index is 1090. The third kappa shape index (κ3) is 4.61. The zero-order valence-corrected chi connectivity index (χ0v) is 15.2. The summed E-state index contributed by atoms with van der Waals surface area (Å²) in [6.07, 6.45) is 1.45. The van der Waals surface area contributed by atoms with Crippen molar-refractivity contribution in [3.63, 3.8) is 0 Å². The lowest BCUT2D eigenvalue weighted by Gasteiger charge is -2.08. The molecule has 10 heteroatoms. The molecule has 9 nitrogen and oxygen atoms in total. The molecule has 0 spiro atoms. The number of carbonyl (C=O) groups excluding carboxylic acids is 1. The van der Waals surface area contributed by atoms with Crippen LogP contribution < -0.4 is 10.0 Å². The fourth-order valence-corrected chi connectivity index (χ4v) is 3.34. The number of anilines is 1. The number of benzene rings is 2. The molecule has 1 aromatic heterocycles. The smallest absolute Gasteiger partial charge is 0.270 e. The van der Waals surface area contributed by atoms with Crippen molar-refractivity contribution in [1.82, 2.24) is 4.72 Å². The maximum absolute atomic E-state index is 12.3. The first-order valence-corrected chi connectivity index (χ1v) is 9.51. The predicted molar refractivity (Wildman–Crippen MR) is 100 cm³/mol. The van der Waals surface area contributed by atoms with E-state index in [0.717, 1.165) is 6.07 Å². The summed E-state index contributed by atoms with van der Waals surface area (Å²) in [5.41, 5.74) is 0.268. The minimum absolute atomic E-state index is 0.0145. The Morgan fingerprint density at radius 3 is 2.46 bits per heavy atom. The maximum Gasteiger partial charge on any atom is 0.270 e. The number of nitrogens with zero attached hydrogens (tertiary/aromatic N) is 1. The molecule has 2 aromatic carbocycles. The Balaban J connectivity index is 1.67. The van der Waals surface area contributed by atoms with Crippen molar-refractivity contribution >= 4 is 27.3 Å². The Morgan fingerprint density at radius 2 is 1.82 bits per heavy atom. The summed E-state index contributed by atoms with van der Waals surface area (Å²) >= 11 is 0. The monoisotopic (exact) mass is 401 g/mol. The normalized spacial score (nSPS) is 11.1. The Morgan fingerprint density at radius 1 is 1.07 bits per heavy atom. The van der Waals surface area contributed by atoms with Gasteiger partial charge in [0.25, 0.3) is 11.6 Å². The fourth-order valence-electron chi connectivity index (χ4n) is 2.34. The van der Waals surface area contributed by atoms with Gasteiger partial charge in [-0.05, 0) is 42.5 Å². The highest BCUT2D eigenvalue weighted by atomic mass is 32.2. The number of nitro groups is 1. The van der Waals surface area contributed by atoms with Gasteiger partial charge in [0.2, 0.25) is 10.0 Å². The van der Waals surface area contributed by atoms with E-state index in [1.54, 1.807) is 12.1 Å². The first-order chi connectivity index (χ1) is 13.3. The highest BCUT2D eigenvalue weighted by Crippen LogP contribution is 2.17. The van der Waals surface area contributed by atoms with Crippen LogP contribution in [0.2, 0.25) is 0 Å². The van der Waals surface area contributed by atoms with Crippen LogP contribution in [0.5, 0.6) is 0 Å². The van der Waals surface area contributed by atoms with Gasteiger partial charge in [-0.1, -0.05) is 6.07 Å². The third-order valence-corrected chi connectivity index (χ3v) is 5.18. The number of rotatable bonds is 7. The number of nitrogens with one attached hydrogen (secondary N) is 2. The van der Waals surface area contributed by atoms with Gasteiger partial charge in [-0.25, -0.2) is 13.1 Å². The molecule has 3 rings (SSSR count). The summed E-state index contributed by atoms with van der Waals surface area (Å²) in [4.78, 5) is 22.5. The second-order valence-corrected chi connectivity index (χ2v) is 7.46. The molecule has 0 bridgehead atoms. The number of hydrogen-bond acceptors (Lipinski definition) is 6. The van der Waals surface area contributed by atoms with E-state index in [0.29, 0.717) is 11.4 Å². The van der Waals surface area contributed by atoms with Gasteiger partial charge in [-0.2, -0.15) is 0 Å². The highest BCUT2D eigenvalue weighted by Gasteiger charge is 2.15. The van der Waals surface area contributed by atoms with Crippen molar-refractivity contribution in [1.29, 1.82) is 0 Å². The zero-order chi connectivity index (χ0) is 20.1. The summed E-state index contributed by atoms with van der Waals surface area (Å²) in [6.45, 7) is 0.0145. The summed E-state index contributed by atoms with van der Waals surface area (Å²) in [5, 5.41) is 13.4. The molecule has 144 valence electrons. The van der Waals surface area contributed by atoms with Crippen LogP contribution in [-0.4, -0.2) is 19.2 Å². The van der Waals surface area contributed by atoms with Crippen molar-refractivity contribution in [2.75, 3.05) is 5.32 Å². The van der Waals surface area contributed by atoms with Crippen LogP contribution >= 0.6 is 0 Å². The van der Waals surface area contributed by atoms with Gasteiger partial charge in [-0.15, -0.1) is 0 Å². The number of furan rings is 1. The van der Waals surface area contributed by atoms with Crippen LogP contribution in [0, 0.1) is 10.1 Å². The van der Waals surface area contributed by atoms with Gasteiger partial charge < -0.3 is 9.73 Å². The molecule has 1 heterocycles. The Kier molecular flexibility index (Phi) is 5.52. The number of amides is 1. The molecule has 2 N–H and O–H groups in total. The molecule has 0 saturated heterocycles. The number of nitro benzene ring substituents is 1. The SMILES string of the molecule is O=C(Nc1ccc(S(=O)(=O)NCc2ccco2)cc1)c1cccc([N+](=O)[O-])c1. The van der Waals surface area contributed by atoms with E-state index < -0.39 is 20.9 Å². The van der Waals surface area contributed by atoms with Crippen molar-refractivity contribution < 1.29 is 22.6 Å². The van der Waals surface area contributed by atoms with Crippen LogP contribution in [0.25, 0.3) is 0 Å². The average molecular weight is 401 g/mol. The van der Waals surface area contributed by atoms with Crippen molar-refractivity contribution in [3.8, 4) is 0 Å². The number of hydrogen-bond donors (Lipinski definition) is 2. The Hall–Kier alpha value is -3.50. The van der Waals surface area contributed by atoms with Crippen LogP contribution in [0.4, 0.5) is 11.4 Å².